The van der Waals surface area contributed by atoms with E-state index in [-0.39, 0.29) is 12.4 Å². The quantitative estimate of drug-likeness (QED) is 0.872. The highest BCUT2D eigenvalue weighted by atomic mass is 35.5. The van der Waals surface area contributed by atoms with Crippen LogP contribution in [0.25, 0.3) is 0 Å². The Hall–Kier alpha value is -0.480. The Morgan fingerprint density at radius 2 is 2.30 bits per heavy atom. The van der Waals surface area contributed by atoms with E-state index in [2.05, 4.69) is 10.2 Å². The van der Waals surface area contributed by atoms with E-state index in [0.717, 1.165) is 36.4 Å². The summed E-state index contributed by atoms with van der Waals surface area (Å²) in [5.41, 5.74) is 0. The van der Waals surface area contributed by atoms with Gasteiger partial charge >= 0.3 is 0 Å². The zero-order chi connectivity index (χ0) is 13.5. The summed E-state index contributed by atoms with van der Waals surface area (Å²) in [5, 5.41) is 4.00. The second-order valence-corrected chi connectivity index (χ2v) is 5.61. The minimum atomic E-state index is 0. The molecule has 0 aromatic heterocycles. The van der Waals surface area contributed by atoms with Crippen LogP contribution >= 0.6 is 24.0 Å². The number of hydrogen-bond donors (Lipinski definition) is 1. The molecule has 1 unspecified atom stereocenters. The minimum Gasteiger partial charge on any atom is -0.492 e. The molecule has 1 atom stereocenters. The first kappa shape index (κ1) is 17.6. The summed E-state index contributed by atoms with van der Waals surface area (Å²) in [6, 6.07) is 7.59. The predicted molar refractivity (Wildman–Crippen MR) is 87.3 cm³/mol. The summed E-state index contributed by atoms with van der Waals surface area (Å²) in [6.07, 6.45) is 2.63. The van der Waals surface area contributed by atoms with Gasteiger partial charge in [0.1, 0.15) is 12.4 Å². The first-order chi connectivity index (χ1) is 9.28. The van der Waals surface area contributed by atoms with E-state index in [1.165, 1.54) is 25.9 Å². The average Bonchev–Trinajstić information content (AvgIpc) is 2.40. The molecule has 3 nitrogen and oxygen atoms in total. The molecule has 2 rings (SSSR count). The summed E-state index contributed by atoms with van der Waals surface area (Å²) in [6.45, 7) is 5.21. The largest absolute Gasteiger partial charge is 0.492 e. The van der Waals surface area contributed by atoms with Gasteiger partial charge in [-0.15, -0.1) is 12.4 Å². The minimum absolute atomic E-state index is 0. The number of hydrogen-bond acceptors (Lipinski definition) is 3. The lowest BCUT2D eigenvalue weighted by molar-refractivity contribution is 0.146. The Morgan fingerprint density at radius 3 is 3.05 bits per heavy atom. The van der Waals surface area contributed by atoms with E-state index in [0.29, 0.717) is 0 Å². The molecule has 1 aromatic rings. The van der Waals surface area contributed by atoms with Crippen LogP contribution in [-0.4, -0.2) is 44.7 Å². The van der Waals surface area contributed by atoms with Crippen molar-refractivity contribution in [2.24, 2.45) is 5.92 Å². The fraction of sp³-hybridized carbons (Fsp3) is 0.600. The third kappa shape index (κ3) is 5.88. The van der Waals surface area contributed by atoms with Crippen LogP contribution in [0.15, 0.2) is 24.3 Å². The van der Waals surface area contributed by atoms with Gasteiger partial charge in [-0.1, -0.05) is 17.7 Å². The van der Waals surface area contributed by atoms with Gasteiger partial charge in [-0.25, -0.2) is 0 Å². The van der Waals surface area contributed by atoms with Gasteiger partial charge in [0.25, 0.3) is 0 Å². The molecule has 0 saturated carbocycles. The molecule has 1 N–H and O–H groups in total. The monoisotopic (exact) mass is 318 g/mol. The third-order valence-corrected chi connectivity index (χ3v) is 3.80. The van der Waals surface area contributed by atoms with Crippen LogP contribution in [0.3, 0.4) is 0 Å². The van der Waals surface area contributed by atoms with Crippen molar-refractivity contribution in [3.8, 4) is 5.75 Å². The zero-order valence-electron chi connectivity index (χ0n) is 12.0. The van der Waals surface area contributed by atoms with Crippen molar-refractivity contribution >= 4 is 24.0 Å². The molecule has 5 heteroatoms. The number of rotatable bonds is 6. The molecular formula is C15H24Cl2N2O. The first-order valence-electron chi connectivity index (χ1n) is 7.03. The van der Waals surface area contributed by atoms with Gasteiger partial charge in [0.2, 0.25) is 0 Å². The number of nitrogens with zero attached hydrogens (tertiary/aromatic N) is 1. The molecule has 1 aromatic carbocycles. The molecule has 1 fully saturated rings. The Balaban J connectivity index is 0.00000200. The molecule has 0 amide bonds. The summed E-state index contributed by atoms with van der Waals surface area (Å²) in [4.78, 5) is 2.50. The topological polar surface area (TPSA) is 24.5 Å². The fourth-order valence-electron chi connectivity index (χ4n) is 2.66. The van der Waals surface area contributed by atoms with Crippen LogP contribution in [0.4, 0.5) is 0 Å². The normalized spacial score (nSPS) is 19.4. The first-order valence-corrected chi connectivity index (χ1v) is 7.41. The van der Waals surface area contributed by atoms with Crippen LogP contribution < -0.4 is 10.1 Å². The van der Waals surface area contributed by atoms with Gasteiger partial charge in [-0.05, 0) is 57.1 Å². The smallest absolute Gasteiger partial charge is 0.120 e. The predicted octanol–water partition coefficient (Wildman–Crippen LogP) is 3.07. The van der Waals surface area contributed by atoms with Gasteiger partial charge in [0.05, 0.1) is 0 Å². The van der Waals surface area contributed by atoms with Gasteiger partial charge in [-0.3, -0.25) is 4.90 Å². The summed E-state index contributed by atoms with van der Waals surface area (Å²) < 4.78 is 5.74. The van der Waals surface area contributed by atoms with Crippen molar-refractivity contribution in [1.82, 2.24) is 10.2 Å². The summed E-state index contributed by atoms with van der Waals surface area (Å²) >= 11 is 5.93. The van der Waals surface area contributed by atoms with E-state index < -0.39 is 0 Å². The number of likely N-dealkylation sites (tertiary alicyclic amines) is 1. The maximum atomic E-state index is 5.93. The van der Waals surface area contributed by atoms with E-state index in [9.17, 15) is 0 Å². The number of nitrogens with one attached hydrogen (secondary N) is 1. The van der Waals surface area contributed by atoms with Gasteiger partial charge in [0, 0.05) is 18.1 Å². The molecule has 0 aliphatic carbocycles. The molecule has 0 radical (unpaired) electrons. The lowest BCUT2D eigenvalue weighted by Gasteiger charge is -2.32. The Labute approximate surface area is 133 Å². The zero-order valence-corrected chi connectivity index (χ0v) is 13.6. The summed E-state index contributed by atoms with van der Waals surface area (Å²) in [5.74, 6) is 1.64. The number of ether oxygens (including phenoxy) is 1. The highest BCUT2D eigenvalue weighted by Gasteiger charge is 2.18. The second-order valence-electron chi connectivity index (χ2n) is 5.17. The van der Waals surface area contributed by atoms with Gasteiger partial charge in [-0.2, -0.15) is 0 Å². The Morgan fingerprint density at radius 1 is 1.45 bits per heavy atom. The summed E-state index contributed by atoms with van der Waals surface area (Å²) in [7, 11) is 2.03. The lowest BCUT2D eigenvalue weighted by Crippen LogP contribution is -2.40. The molecule has 1 aliphatic heterocycles. The van der Waals surface area contributed by atoms with Crippen molar-refractivity contribution in [3.63, 3.8) is 0 Å². The highest BCUT2D eigenvalue weighted by molar-refractivity contribution is 6.30. The van der Waals surface area contributed by atoms with E-state index in [4.69, 9.17) is 16.3 Å². The van der Waals surface area contributed by atoms with Crippen LogP contribution in [-0.2, 0) is 0 Å². The fourth-order valence-corrected chi connectivity index (χ4v) is 2.84. The molecule has 0 spiro atoms. The van der Waals surface area contributed by atoms with E-state index in [1.807, 2.05) is 31.3 Å². The molecule has 0 bridgehead atoms. The number of benzene rings is 1. The molecule has 1 heterocycles. The van der Waals surface area contributed by atoms with Crippen molar-refractivity contribution < 1.29 is 4.74 Å². The lowest BCUT2D eigenvalue weighted by atomic mass is 9.98. The van der Waals surface area contributed by atoms with E-state index >= 15 is 0 Å². The highest BCUT2D eigenvalue weighted by Crippen LogP contribution is 2.18. The maximum Gasteiger partial charge on any atom is 0.120 e. The van der Waals surface area contributed by atoms with Gasteiger partial charge in [0.15, 0.2) is 0 Å². The number of piperidine rings is 1. The van der Waals surface area contributed by atoms with Crippen molar-refractivity contribution in [2.75, 3.05) is 39.8 Å². The molecule has 114 valence electrons. The molecule has 1 aliphatic rings. The van der Waals surface area contributed by atoms with Crippen molar-refractivity contribution in [1.29, 1.82) is 0 Å². The SMILES string of the molecule is CNCC1CCCN(CCOc2cccc(Cl)c2)C1.Cl. The van der Waals surface area contributed by atoms with Crippen LogP contribution in [0.1, 0.15) is 12.8 Å². The van der Waals surface area contributed by atoms with Crippen molar-refractivity contribution in [3.05, 3.63) is 29.3 Å². The maximum absolute atomic E-state index is 5.93. The van der Waals surface area contributed by atoms with Crippen LogP contribution in [0, 0.1) is 5.92 Å². The molecular weight excluding hydrogens is 295 g/mol. The molecule has 20 heavy (non-hydrogen) atoms. The van der Waals surface area contributed by atoms with Crippen molar-refractivity contribution in [2.45, 2.75) is 12.8 Å². The average molecular weight is 319 g/mol. The van der Waals surface area contributed by atoms with Crippen LogP contribution in [0.2, 0.25) is 5.02 Å². The second kappa shape index (κ2) is 9.46. The molecule has 1 saturated heterocycles. The third-order valence-electron chi connectivity index (χ3n) is 3.57. The standard InChI is InChI=1S/C15H23ClN2O.ClH/c1-17-11-13-4-3-7-18(12-13)8-9-19-15-6-2-5-14(16)10-15;/h2,5-6,10,13,17H,3-4,7-9,11-12H2,1H3;1H. The Kier molecular flexibility index (Phi) is 8.31. The van der Waals surface area contributed by atoms with E-state index in [1.54, 1.807) is 0 Å². The van der Waals surface area contributed by atoms with Gasteiger partial charge < -0.3 is 10.1 Å². The Bertz CT molecular complexity index is 388. The van der Waals surface area contributed by atoms with Crippen LogP contribution in [0.5, 0.6) is 5.75 Å². The number of halogens is 2.